The van der Waals surface area contributed by atoms with Crippen LogP contribution in [0, 0.1) is 23.2 Å². The standard InChI is InChI=1S/C29H43BrO3/c1-20(31)33-27-14-13-26-28-21(10-8-6-4-3-5-7-9-17-30)18-22-19-23(32)11-12-24(22)25(28)15-16-29(26,27)2/h11-12,19,21,25-28,32H,3-10,13-18H2,1-2H3/t21-,25+,26+,27+,28-,29+/m1/s1. The zero-order chi connectivity index (χ0) is 23.4. The van der Waals surface area contributed by atoms with Crippen LogP contribution < -0.4 is 0 Å². The number of hydrogen-bond donors (Lipinski definition) is 1. The monoisotopic (exact) mass is 518 g/mol. The molecule has 0 aliphatic heterocycles. The predicted octanol–water partition coefficient (Wildman–Crippen LogP) is 7.92. The van der Waals surface area contributed by atoms with Gasteiger partial charge in [0.2, 0.25) is 0 Å². The summed E-state index contributed by atoms with van der Waals surface area (Å²) in [5.41, 5.74) is 2.99. The molecular weight excluding hydrogens is 476 g/mol. The number of benzene rings is 1. The summed E-state index contributed by atoms with van der Waals surface area (Å²) < 4.78 is 5.86. The Bertz CT molecular complexity index is 808. The summed E-state index contributed by atoms with van der Waals surface area (Å²) in [6.07, 6.45) is 16.4. The maximum Gasteiger partial charge on any atom is 0.302 e. The van der Waals surface area contributed by atoms with Crippen molar-refractivity contribution in [1.82, 2.24) is 0 Å². The van der Waals surface area contributed by atoms with Gasteiger partial charge in [-0.1, -0.05) is 67.4 Å². The third kappa shape index (κ3) is 5.46. The highest BCUT2D eigenvalue weighted by molar-refractivity contribution is 9.09. The van der Waals surface area contributed by atoms with Crippen LogP contribution in [-0.4, -0.2) is 22.5 Å². The van der Waals surface area contributed by atoms with Crippen molar-refractivity contribution in [2.24, 2.45) is 23.2 Å². The van der Waals surface area contributed by atoms with Crippen LogP contribution in [0.3, 0.4) is 0 Å². The van der Waals surface area contributed by atoms with Crippen LogP contribution in [0.5, 0.6) is 5.75 Å². The molecule has 1 aromatic carbocycles. The summed E-state index contributed by atoms with van der Waals surface area (Å²) in [4.78, 5) is 11.8. The number of unbranched alkanes of at least 4 members (excludes halogenated alkanes) is 6. The van der Waals surface area contributed by atoms with Crippen molar-refractivity contribution in [3.63, 3.8) is 0 Å². The molecule has 33 heavy (non-hydrogen) atoms. The van der Waals surface area contributed by atoms with E-state index < -0.39 is 0 Å². The average Bonchev–Trinajstić information content (AvgIpc) is 3.10. The van der Waals surface area contributed by atoms with Crippen LogP contribution in [0.1, 0.15) is 108 Å². The van der Waals surface area contributed by atoms with Gasteiger partial charge in [-0.15, -0.1) is 0 Å². The highest BCUT2D eigenvalue weighted by Gasteiger charge is 2.57. The molecule has 2 saturated carbocycles. The third-order valence-corrected chi connectivity index (χ3v) is 9.88. The highest BCUT2D eigenvalue weighted by atomic mass is 79.9. The first-order valence-electron chi connectivity index (χ1n) is 13.5. The smallest absolute Gasteiger partial charge is 0.302 e. The molecule has 0 saturated heterocycles. The molecule has 184 valence electrons. The lowest BCUT2D eigenvalue weighted by Crippen LogP contribution is -2.48. The zero-order valence-corrected chi connectivity index (χ0v) is 22.2. The van der Waals surface area contributed by atoms with Crippen LogP contribution in [0.15, 0.2) is 18.2 Å². The molecule has 0 radical (unpaired) electrons. The fraction of sp³-hybridized carbons (Fsp3) is 0.759. The van der Waals surface area contributed by atoms with Crippen molar-refractivity contribution >= 4 is 21.9 Å². The fourth-order valence-electron chi connectivity index (χ4n) is 7.79. The van der Waals surface area contributed by atoms with Crippen LogP contribution in [-0.2, 0) is 16.0 Å². The lowest BCUT2D eigenvalue weighted by atomic mass is 9.52. The Morgan fingerprint density at radius 2 is 1.82 bits per heavy atom. The van der Waals surface area contributed by atoms with Gasteiger partial charge in [0, 0.05) is 17.7 Å². The average molecular weight is 520 g/mol. The number of aromatic hydroxyl groups is 1. The van der Waals surface area contributed by atoms with Crippen molar-refractivity contribution in [3.8, 4) is 5.75 Å². The lowest BCUT2D eigenvalue weighted by Gasteiger charge is -2.53. The molecule has 4 rings (SSSR count). The molecule has 3 nitrogen and oxygen atoms in total. The Hall–Kier alpha value is -1.03. The maximum absolute atomic E-state index is 11.8. The van der Waals surface area contributed by atoms with Crippen molar-refractivity contribution in [1.29, 1.82) is 0 Å². The topological polar surface area (TPSA) is 46.5 Å². The Labute approximate surface area is 209 Å². The number of phenolic OH excluding ortho intramolecular Hbond substituents is 1. The van der Waals surface area contributed by atoms with Crippen LogP contribution in [0.2, 0.25) is 0 Å². The second-order valence-corrected chi connectivity index (χ2v) is 12.1. The Morgan fingerprint density at radius 3 is 2.55 bits per heavy atom. The molecule has 1 N–H and O–H groups in total. The molecule has 3 aliphatic carbocycles. The van der Waals surface area contributed by atoms with Gasteiger partial charge in [-0.05, 0) is 91.9 Å². The molecule has 4 heteroatoms. The number of halogens is 1. The fourth-order valence-corrected chi connectivity index (χ4v) is 8.19. The number of phenols is 1. The van der Waals surface area contributed by atoms with Crippen molar-refractivity contribution < 1.29 is 14.6 Å². The molecule has 2 fully saturated rings. The number of hydrogen-bond acceptors (Lipinski definition) is 3. The molecule has 0 bridgehead atoms. The highest BCUT2D eigenvalue weighted by Crippen LogP contribution is 2.63. The quantitative estimate of drug-likeness (QED) is 0.194. The molecule has 0 spiro atoms. The van der Waals surface area contributed by atoms with E-state index in [4.69, 9.17) is 4.74 Å². The normalized spacial score (nSPS) is 32.6. The molecule has 0 unspecified atom stereocenters. The molecule has 3 aliphatic rings. The van der Waals surface area contributed by atoms with Gasteiger partial charge in [-0.3, -0.25) is 4.79 Å². The first kappa shape index (κ1) is 25.1. The minimum absolute atomic E-state index is 0.0855. The van der Waals surface area contributed by atoms with Crippen LogP contribution in [0.4, 0.5) is 0 Å². The number of fused-ring (bicyclic) bond motifs is 5. The summed E-state index contributed by atoms with van der Waals surface area (Å²) in [7, 11) is 0. The van der Waals surface area contributed by atoms with Crippen molar-refractivity contribution in [2.45, 2.75) is 109 Å². The van der Waals surface area contributed by atoms with E-state index in [1.165, 1.54) is 75.3 Å². The molecule has 1 aromatic rings. The van der Waals surface area contributed by atoms with E-state index in [0.29, 0.717) is 29.4 Å². The number of rotatable bonds is 10. The van der Waals surface area contributed by atoms with Gasteiger partial charge in [-0.25, -0.2) is 0 Å². The Balaban J connectivity index is 1.46. The van der Waals surface area contributed by atoms with Gasteiger partial charge >= 0.3 is 5.97 Å². The number of esters is 1. The van der Waals surface area contributed by atoms with Crippen molar-refractivity contribution in [2.75, 3.05) is 5.33 Å². The summed E-state index contributed by atoms with van der Waals surface area (Å²) in [5, 5.41) is 11.3. The summed E-state index contributed by atoms with van der Waals surface area (Å²) in [6.45, 7) is 3.97. The van der Waals surface area contributed by atoms with E-state index in [1.54, 1.807) is 6.92 Å². The van der Waals surface area contributed by atoms with E-state index in [1.807, 2.05) is 12.1 Å². The van der Waals surface area contributed by atoms with E-state index in [0.717, 1.165) is 24.6 Å². The molecule has 0 heterocycles. The van der Waals surface area contributed by atoms with Gasteiger partial charge < -0.3 is 9.84 Å². The Kier molecular flexibility index (Phi) is 8.46. The van der Waals surface area contributed by atoms with Crippen LogP contribution in [0.25, 0.3) is 0 Å². The minimum Gasteiger partial charge on any atom is -0.508 e. The van der Waals surface area contributed by atoms with Gasteiger partial charge in [0.05, 0.1) is 0 Å². The van der Waals surface area contributed by atoms with Gasteiger partial charge in [0.25, 0.3) is 0 Å². The van der Waals surface area contributed by atoms with Crippen LogP contribution >= 0.6 is 15.9 Å². The molecule has 0 amide bonds. The SMILES string of the molecule is CC(=O)O[C@H]1CC[C@H]2[C@@H]3[C@H](CCCCCCCCCBr)Cc4cc(O)ccc4[C@@H]3CC[C@]12C. The summed E-state index contributed by atoms with van der Waals surface area (Å²) in [6, 6.07) is 6.12. The molecule has 0 aromatic heterocycles. The van der Waals surface area contributed by atoms with E-state index in [2.05, 4.69) is 28.9 Å². The van der Waals surface area contributed by atoms with E-state index in [9.17, 15) is 9.90 Å². The molecule has 6 atom stereocenters. The summed E-state index contributed by atoms with van der Waals surface area (Å²) >= 11 is 3.53. The van der Waals surface area contributed by atoms with Gasteiger partial charge in [-0.2, -0.15) is 0 Å². The second kappa shape index (κ2) is 11.1. The second-order valence-electron chi connectivity index (χ2n) is 11.3. The van der Waals surface area contributed by atoms with E-state index in [-0.39, 0.29) is 17.5 Å². The first-order chi connectivity index (χ1) is 15.9. The predicted molar refractivity (Wildman–Crippen MR) is 138 cm³/mol. The maximum atomic E-state index is 11.8. The number of ether oxygens (including phenoxy) is 1. The number of carbonyl (C=O) groups excluding carboxylic acids is 1. The summed E-state index contributed by atoms with van der Waals surface area (Å²) in [5.74, 6) is 2.88. The molecular formula is C29H43BrO3. The minimum atomic E-state index is -0.124. The number of alkyl halides is 1. The number of carbonyl (C=O) groups is 1. The van der Waals surface area contributed by atoms with Gasteiger partial charge in [0.1, 0.15) is 11.9 Å². The largest absolute Gasteiger partial charge is 0.508 e. The van der Waals surface area contributed by atoms with E-state index >= 15 is 0 Å². The zero-order valence-electron chi connectivity index (χ0n) is 20.7. The Morgan fingerprint density at radius 1 is 1.09 bits per heavy atom. The first-order valence-corrected chi connectivity index (χ1v) is 14.6. The van der Waals surface area contributed by atoms with Gasteiger partial charge in [0.15, 0.2) is 0 Å². The van der Waals surface area contributed by atoms with Crippen molar-refractivity contribution in [3.05, 3.63) is 29.3 Å². The lowest BCUT2D eigenvalue weighted by molar-refractivity contribution is -0.155. The third-order valence-electron chi connectivity index (χ3n) is 9.31.